The van der Waals surface area contributed by atoms with Crippen LogP contribution in [-0.4, -0.2) is 0 Å². The van der Waals surface area contributed by atoms with E-state index in [4.69, 9.17) is 0 Å². The van der Waals surface area contributed by atoms with Crippen molar-refractivity contribution in [1.82, 2.24) is 0 Å². The van der Waals surface area contributed by atoms with Gasteiger partial charge < -0.3 is 0 Å². The molecule has 0 heterocycles. The summed E-state index contributed by atoms with van der Waals surface area (Å²) in [6.07, 6.45) is 0. The first-order valence-corrected chi connectivity index (χ1v) is 15.9. The quantitative estimate of drug-likeness (QED) is 0.181. The molecule has 0 aliphatic rings. The van der Waals surface area contributed by atoms with Gasteiger partial charge in [-0.2, -0.15) is 0 Å². The molecule has 46 heavy (non-hydrogen) atoms. The van der Waals surface area contributed by atoms with Crippen molar-refractivity contribution >= 4 is 43.1 Å². The van der Waals surface area contributed by atoms with Crippen molar-refractivity contribution in [1.29, 1.82) is 0 Å². The van der Waals surface area contributed by atoms with Crippen LogP contribution in [0.4, 0.5) is 0 Å². The largest absolute Gasteiger partial charge is 0.0622 e. The first-order valence-electron chi connectivity index (χ1n) is 15.9. The lowest BCUT2D eigenvalue weighted by Gasteiger charge is -2.20. The molecule has 0 saturated carbocycles. The highest BCUT2D eigenvalue weighted by Gasteiger charge is 2.19. The van der Waals surface area contributed by atoms with E-state index in [0.29, 0.717) is 0 Å². The standard InChI is InChI=1S/C46H30/c1-2-11-31(12-3-1)33-21-24-35(25-22-33)45-41-18-8-9-19-42(41)46(40-20-10-16-34-14-6-7-17-39(34)40)44-30-38(27-28-43(44)45)37-26-23-32-13-4-5-15-36(32)29-37/h1-30H. The molecule has 9 aromatic carbocycles. The molecule has 0 fully saturated rings. The van der Waals surface area contributed by atoms with Gasteiger partial charge in [-0.15, -0.1) is 0 Å². The number of rotatable bonds is 4. The Kier molecular flexibility index (Phi) is 6.25. The van der Waals surface area contributed by atoms with Crippen LogP contribution in [0.5, 0.6) is 0 Å². The Bertz CT molecular complexity index is 2550. The Labute approximate surface area is 268 Å². The second-order valence-electron chi connectivity index (χ2n) is 12.1. The molecule has 0 bridgehead atoms. The maximum Gasteiger partial charge on any atom is -0.00199 e. The van der Waals surface area contributed by atoms with Crippen molar-refractivity contribution in [3.05, 3.63) is 182 Å². The summed E-state index contributed by atoms with van der Waals surface area (Å²) < 4.78 is 0. The predicted molar refractivity (Wildman–Crippen MR) is 198 cm³/mol. The van der Waals surface area contributed by atoms with Gasteiger partial charge in [0.2, 0.25) is 0 Å². The monoisotopic (exact) mass is 582 g/mol. The molecule has 0 radical (unpaired) electrons. The average molecular weight is 583 g/mol. The molecular weight excluding hydrogens is 553 g/mol. The van der Waals surface area contributed by atoms with Gasteiger partial charge in [-0.25, -0.2) is 0 Å². The van der Waals surface area contributed by atoms with Gasteiger partial charge >= 0.3 is 0 Å². The van der Waals surface area contributed by atoms with Crippen LogP contribution in [-0.2, 0) is 0 Å². The van der Waals surface area contributed by atoms with Gasteiger partial charge in [0, 0.05) is 0 Å². The summed E-state index contributed by atoms with van der Waals surface area (Å²) in [5.74, 6) is 0. The zero-order valence-electron chi connectivity index (χ0n) is 25.3. The van der Waals surface area contributed by atoms with Crippen LogP contribution in [0.25, 0.3) is 87.6 Å². The smallest absolute Gasteiger partial charge is 0.00199 e. The van der Waals surface area contributed by atoms with Gasteiger partial charge in [0.25, 0.3) is 0 Å². The summed E-state index contributed by atoms with van der Waals surface area (Å²) in [6, 6.07) is 66.6. The summed E-state index contributed by atoms with van der Waals surface area (Å²) in [5.41, 5.74) is 9.96. The van der Waals surface area contributed by atoms with E-state index in [1.165, 1.54) is 87.6 Å². The molecule has 0 saturated heterocycles. The van der Waals surface area contributed by atoms with Gasteiger partial charge in [0.1, 0.15) is 0 Å². The third-order valence-corrected chi connectivity index (χ3v) is 9.45. The Morgan fingerprint density at radius 1 is 0.217 bits per heavy atom. The lowest BCUT2D eigenvalue weighted by atomic mass is 9.83. The zero-order valence-corrected chi connectivity index (χ0v) is 25.3. The van der Waals surface area contributed by atoms with E-state index in [2.05, 4.69) is 182 Å². The van der Waals surface area contributed by atoms with Gasteiger partial charge in [-0.1, -0.05) is 170 Å². The van der Waals surface area contributed by atoms with Gasteiger partial charge in [0.15, 0.2) is 0 Å². The first-order chi connectivity index (χ1) is 22.8. The van der Waals surface area contributed by atoms with Crippen LogP contribution >= 0.6 is 0 Å². The Balaban J connectivity index is 1.36. The van der Waals surface area contributed by atoms with E-state index in [-0.39, 0.29) is 0 Å². The second kappa shape index (κ2) is 10.9. The molecule has 0 nitrogen and oxygen atoms in total. The summed E-state index contributed by atoms with van der Waals surface area (Å²) in [7, 11) is 0. The predicted octanol–water partition coefficient (Wildman–Crippen LogP) is 13.0. The molecule has 9 aromatic rings. The summed E-state index contributed by atoms with van der Waals surface area (Å²) in [5, 5.41) is 10.1. The Hall–Kier alpha value is -5.98. The summed E-state index contributed by atoms with van der Waals surface area (Å²) in [6.45, 7) is 0. The highest BCUT2D eigenvalue weighted by atomic mass is 14.2. The molecule has 214 valence electrons. The van der Waals surface area contributed by atoms with E-state index in [1.54, 1.807) is 0 Å². The SMILES string of the molecule is c1ccc(-c2ccc(-c3c4ccccc4c(-c4cccc5ccccc45)c4cc(-c5ccc6ccccc6c5)ccc34)cc2)cc1. The number of hydrogen-bond acceptors (Lipinski definition) is 0. The van der Waals surface area contributed by atoms with Crippen LogP contribution in [0.3, 0.4) is 0 Å². The highest BCUT2D eigenvalue weighted by Crippen LogP contribution is 2.46. The first kappa shape index (κ1) is 26.4. The molecule has 0 N–H and O–H groups in total. The van der Waals surface area contributed by atoms with E-state index in [9.17, 15) is 0 Å². The number of fused-ring (bicyclic) bond motifs is 4. The fourth-order valence-corrected chi connectivity index (χ4v) is 7.23. The van der Waals surface area contributed by atoms with Crippen molar-refractivity contribution in [2.45, 2.75) is 0 Å². The molecule has 0 unspecified atom stereocenters. The minimum Gasteiger partial charge on any atom is -0.0622 e. The molecule has 9 rings (SSSR count). The topological polar surface area (TPSA) is 0 Å². The lowest BCUT2D eigenvalue weighted by molar-refractivity contribution is 1.61. The molecular formula is C46H30. The normalized spacial score (nSPS) is 11.5. The Morgan fingerprint density at radius 3 is 1.54 bits per heavy atom. The molecule has 0 aliphatic carbocycles. The van der Waals surface area contributed by atoms with Crippen LogP contribution in [0.1, 0.15) is 0 Å². The van der Waals surface area contributed by atoms with Crippen molar-refractivity contribution in [2.75, 3.05) is 0 Å². The van der Waals surface area contributed by atoms with Gasteiger partial charge in [-0.3, -0.25) is 0 Å². The second-order valence-corrected chi connectivity index (χ2v) is 12.1. The molecule has 0 aliphatic heterocycles. The van der Waals surface area contributed by atoms with E-state index >= 15 is 0 Å². The minimum atomic E-state index is 1.22. The third-order valence-electron chi connectivity index (χ3n) is 9.45. The maximum atomic E-state index is 2.42. The van der Waals surface area contributed by atoms with Crippen molar-refractivity contribution in [3.8, 4) is 44.5 Å². The van der Waals surface area contributed by atoms with Crippen molar-refractivity contribution in [2.24, 2.45) is 0 Å². The van der Waals surface area contributed by atoms with Crippen molar-refractivity contribution < 1.29 is 0 Å². The fraction of sp³-hybridized carbons (Fsp3) is 0. The number of hydrogen-bond donors (Lipinski definition) is 0. The minimum absolute atomic E-state index is 1.22. The van der Waals surface area contributed by atoms with E-state index in [1.807, 2.05) is 0 Å². The van der Waals surface area contributed by atoms with Crippen LogP contribution in [0.15, 0.2) is 182 Å². The van der Waals surface area contributed by atoms with Crippen LogP contribution < -0.4 is 0 Å². The molecule has 0 amide bonds. The summed E-state index contributed by atoms with van der Waals surface area (Å²) in [4.78, 5) is 0. The molecule has 0 aromatic heterocycles. The van der Waals surface area contributed by atoms with E-state index in [0.717, 1.165) is 0 Å². The van der Waals surface area contributed by atoms with Crippen LogP contribution in [0, 0.1) is 0 Å². The van der Waals surface area contributed by atoms with Gasteiger partial charge in [-0.05, 0) is 99.7 Å². The highest BCUT2D eigenvalue weighted by molar-refractivity contribution is 6.24. The third kappa shape index (κ3) is 4.38. The average Bonchev–Trinajstić information content (AvgIpc) is 3.14. The number of benzene rings is 9. The lowest BCUT2D eigenvalue weighted by Crippen LogP contribution is -1.92. The zero-order chi connectivity index (χ0) is 30.5. The molecule has 0 spiro atoms. The van der Waals surface area contributed by atoms with Gasteiger partial charge in [0.05, 0.1) is 0 Å². The van der Waals surface area contributed by atoms with Crippen molar-refractivity contribution in [3.63, 3.8) is 0 Å². The van der Waals surface area contributed by atoms with E-state index < -0.39 is 0 Å². The Morgan fingerprint density at radius 2 is 0.739 bits per heavy atom. The fourth-order valence-electron chi connectivity index (χ4n) is 7.23. The maximum absolute atomic E-state index is 2.42. The molecule has 0 heteroatoms. The summed E-state index contributed by atoms with van der Waals surface area (Å²) >= 11 is 0. The van der Waals surface area contributed by atoms with Crippen LogP contribution in [0.2, 0.25) is 0 Å². The molecule has 0 atom stereocenters.